The van der Waals surface area contributed by atoms with Crippen LogP contribution in [0.5, 0.6) is 0 Å². The van der Waals surface area contributed by atoms with E-state index in [1.807, 2.05) is 0 Å². The van der Waals surface area contributed by atoms with E-state index in [1.54, 1.807) is 18.2 Å². The summed E-state index contributed by atoms with van der Waals surface area (Å²) in [6.07, 6.45) is 1.37. The highest BCUT2D eigenvalue weighted by Crippen LogP contribution is 2.31. The molecule has 0 radical (unpaired) electrons. The molecule has 0 saturated carbocycles. The van der Waals surface area contributed by atoms with E-state index >= 15 is 0 Å². The van der Waals surface area contributed by atoms with Crippen molar-refractivity contribution in [2.24, 2.45) is 0 Å². The van der Waals surface area contributed by atoms with Crippen LogP contribution in [0.4, 0.5) is 5.69 Å². The van der Waals surface area contributed by atoms with Crippen molar-refractivity contribution in [2.75, 3.05) is 5.73 Å². The summed E-state index contributed by atoms with van der Waals surface area (Å²) in [5.41, 5.74) is 6.55. The number of hydrogen-bond donors (Lipinski definition) is 2. The molecule has 2 rings (SSSR count). The van der Waals surface area contributed by atoms with Crippen LogP contribution >= 0.6 is 23.4 Å². The van der Waals surface area contributed by atoms with Crippen molar-refractivity contribution in [3.63, 3.8) is 0 Å². The molecule has 0 unspecified atom stereocenters. The largest absolute Gasteiger partial charge is 0.478 e. The predicted molar refractivity (Wildman–Crippen MR) is 71.1 cm³/mol. The summed E-state index contributed by atoms with van der Waals surface area (Å²) in [6, 6.07) is 6.62. The van der Waals surface area contributed by atoms with Gasteiger partial charge in [0.1, 0.15) is 11.3 Å². The fraction of sp³-hybridized carbons (Fsp3) is 0.0833. The molecule has 0 amide bonds. The summed E-state index contributed by atoms with van der Waals surface area (Å²) in [7, 11) is 0. The molecule has 18 heavy (non-hydrogen) atoms. The van der Waals surface area contributed by atoms with Crippen LogP contribution in [0.25, 0.3) is 0 Å². The second kappa shape index (κ2) is 5.37. The van der Waals surface area contributed by atoms with Gasteiger partial charge in [-0.1, -0.05) is 11.6 Å². The van der Waals surface area contributed by atoms with E-state index in [4.69, 9.17) is 26.9 Å². The highest BCUT2D eigenvalue weighted by molar-refractivity contribution is 7.98. The van der Waals surface area contributed by atoms with Crippen LogP contribution in [0, 0.1) is 0 Å². The maximum Gasteiger partial charge on any atom is 0.339 e. The van der Waals surface area contributed by atoms with E-state index in [9.17, 15) is 4.79 Å². The summed E-state index contributed by atoms with van der Waals surface area (Å²) < 4.78 is 5.14. The number of anilines is 1. The minimum Gasteiger partial charge on any atom is -0.478 e. The third-order valence-corrected chi connectivity index (χ3v) is 3.63. The zero-order valence-electron chi connectivity index (χ0n) is 9.22. The fourth-order valence-electron chi connectivity index (χ4n) is 1.44. The van der Waals surface area contributed by atoms with Gasteiger partial charge >= 0.3 is 5.97 Å². The Kier molecular flexibility index (Phi) is 3.84. The standard InChI is InChI=1S/C12H10ClNO3S/c13-7-1-2-11(9(14)5-7)18-6-10-8(12(15)16)3-4-17-10/h1-5H,6,14H2,(H,15,16). The van der Waals surface area contributed by atoms with Crippen molar-refractivity contribution in [1.82, 2.24) is 0 Å². The maximum absolute atomic E-state index is 10.9. The van der Waals surface area contributed by atoms with Crippen LogP contribution in [0.15, 0.2) is 39.8 Å². The predicted octanol–water partition coefficient (Wildman–Crippen LogP) is 3.51. The van der Waals surface area contributed by atoms with Crippen LogP contribution in [0.2, 0.25) is 5.02 Å². The van der Waals surface area contributed by atoms with Crippen molar-refractivity contribution in [1.29, 1.82) is 0 Å². The Hall–Kier alpha value is -1.59. The molecule has 0 atom stereocenters. The molecule has 0 aliphatic heterocycles. The molecule has 0 aliphatic rings. The molecule has 1 aromatic carbocycles. The summed E-state index contributed by atoms with van der Waals surface area (Å²) in [6.45, 7) is 0. The van der Waals surface area contributed by atoms with Crippen molar-refractivity contribution in [3.05, 3.63) is 46.9 Å². The number of thioether (sulfide) groups is 1. The number of carboxylic acids is 1. The van der Waals surface area contributed by atoms with E-state index in [0.717, 1.165) is 4.90 Å². The van der Waals surface area contributed by atoms with Gasteiger partial charge in [0, 0.05) is 15.6 Å². The molecule has 1 aromatic heterocycles. The molecule has 2 aromatic rings. The minimum absolute atomic E-state index is 0.176. The first-order valence-electron chi connectivity index (χ1n) is 5.05. The number of nitrogens with two attached hydrogens (primary N) is 1. The Morgan fingerprint density at radius 2 is 2.22 bits per heavy atom. The highest BCUT2D eigenvalue weighted by atomic mass is 35.5. The highest BCUT2D eigenvalue weighted by Gasteiger charge is 2.13. The minimum atomic E-state index is -0.997. The molecule has 3 N–H and O–H groups in total. The Morgan fingerprint density at radius 1 is 1.44 bits per heavy atom. The van der Waals surface area contributed by atoms with Crippen LogP contribution in [-0.4, -0.2) is 11.1 Å². The molecule has 0 fully saturated rings. The SMILES string of the molecule is Nc1cc(Cl)ccc1SCc1occc1C(=O)O. The molecule has 0 aliphatic carbocycles. The second-order valence-electron chi connectivity index (χ2n) is 3.53. The van der Waals surface area contributed by atoms with Gasteiger partial charge in [-0.3, -0.25) is 0 Å². The smallest absolute Gasteiger partial charge is 0.339 e. The molecule has 0 saturated heterocycles. The quantitative estimate of drug-likeness (QED) is 0.663. The van der Waals surface area contributed by atoms with Gasteiger partial charge in [-0.2, -0.15) is 0 Å². The number of benzene rings is 1. The average Bonchev–Trinajstić information content (AvgIpc) is 2.76. The average molecular weight is 284 g/mol. The van der Waals surface area contributed by atoms with Crippen LogP contribution in [0.3, 0.4) is 0 Å². The van der Waals surface area contributed by atoms with Gasteiger partial charge in [-0.15, -0.1) is 11.8 Å². The summed E-state index contributed by atoms with van der Waals surface area (Å²) in [4.78, 5) is 11.7. The summed E-state index contributed by atoms with van der Waals surface area (Å²) in [5.74, 6) is -0.175. The van der Waals surface area contributed by atoms with Gasteiger partial charge in [-0.25, -0.2) is 4.79 Å². The molecule has 6 heteroatoms. The maximum atomic E-state index is 10.9. The number of carbonyl (C=O) groups is 1. The van der Waals surface area contributed by atoms with Gasteiger partial charge in [0.25, 0.3) is 0 Å². The first-order valence-corrected chi connectivity index (χ1v) is 6.42. The Labute approximate surface area is 113 Å². The Balaban J connectivity index is 2.11. The summed E-state index contributed by atoms with van der Waals surface area (Å²) in [5, 5.41) is 9.50. The fourth-order valence-corrected chi connectivity index (χ4v) is 2.52. The lowest BCUT2D eigenvalue weighted by molar-refractivity contribution is 0.0695. The molecule has 1 heterocycles. The van der Waals surface area contributed by atoms with Crippen molar-refractivity contribution < 1.29 is 14.3 Å². The van der Waals surface area contributed by atoms with E-state index in [-0.39, 0.29) is 5.56 Å². The molecule has 94 valence electrons. The number of furan rings is 1. The number of hydrogen-bond acceptors (Lipinski definition) is 4. The van der Waals surface area contributed by atoms with Crippen molar-refractivity contribution >= 4 is 35.0 Å². The number of rotatable bonds is 4. The first kappa shape index (κ1) is 12.9. The van der Waals surface area contributed by atoms with Gasteiger partial charge in [-0.05, 0) is 24.3 Å². The van der Waals surface area contributed by atoms with Crippen LogP contribution in [-0.2, 0) is 5.75 Å². The number of aromatic carboxylic acids is 1. The van der Waals surface area contributed by atoms with Crippen LogP contribution < -0.4 is 5.73 Å². The molecule has 0 spiro atoms. The van der Waals surface area contributed by atoms with Gasteiger partial charge in [0.2, 0.25) is 0 Å². The second-order valence-corrected chi connectivity index (χ2v) is 4.99. The molecule has 0 bridgehead atoms. The van der Waals surface area contributed by atoms with E-state index in [1.165, 1.54) is 24.1 Å². The zero-order valence-corrected chi connectivity index (χ0v) is 10.8. The lowest BCUT2D eigenvalue weighted by Crippen LogP contribution is -1.97. The van der Waals surface area contributed by atoms with Crippen molar-refractivity contribution in [3.8, 4) is 0 Å². The van der Waals surface area contributed by atoms with Gasteiger partial charge < -0.3 is 15.3 Å². The lowest BCUT2D eigenvalue weighted by Gasteiger charge is -2.05. The molecule has 4 nitrogen and oxygen atoms in total. The van der Waals surface area contributed by atoms with Crippen molar-refractivity contribution in [2.45, 2.75) is 10.6 Å². The van der Waals surface area contributed by atoms with Crippen LogP contribution in [0.1, 0.15) is 16.1 Å². The lowest BCUT2D eigenvalue weighted by atomic mass is 10.3. The number of halogens is 1. The normalized spacial score (nSPS) is 10.5. The topological polar surface area (TPSA) is 76.5 Å². The number of nitrogen functional groups attached to an aromatic ring is 1. The number of carboxylic acid groups (broad SMARTS) is 1. The first-order chi connectivity index (χ1) is 8.58. The monoisotopic (exact) mass is 283 g/mol. The molecular weight excluding hydrogens is 274 g/mol. The third-order valence-electron chi connectivity index (χ3n) is 2.31. The zero-order chi connectivity index (χ0) is 13.1. The summed E-state index contributed by atoms with van der Waals surface area (Å²) >= 11 is 7.20. The molecular formula is C12H10ClNO3S. The third kappa shape index (κ3) is 2.80. The Morgan fingerprint density at radius 3 is 2.89 bits per heavy atom. The Bertz CT molecular complexity index is 582. The van der Waals surface area contributed by atoms with Gasteiger partial charge in [0.05, 0.1) is 12.0 Å². The van der Waals surface area contributed by atoms with E-state index in [2.05, 4.69) is 0 Å². The van der Waals surface area contributed by atoms with E-state index in [0.29, 0.717) is 22.2 Å². The van der Waals surface area contributed by atoms with E-state index < -0.39 is 5.97 Å². The van der Waals surface area contributed by atoms with Gasteiger partial charge in [0.15, 0.2) is 0 Å².